The summed E-state index contributed by atoms with van der Waals surface area (Å²) in [6, 6.07) is 8.02. The van der Waals surface area contributed by atoms with Gasteiger partial charge in [-0.15, -0.1) is 23.6 Å². The van der Waals surface area contributed by atoms with Crippen LogP contribution in [0.15, 0.2) is 29.2 Å². The van der Waals surface area contributed by atoms with Crippen molar-refractivity contribution in [1.82, 2.24) is 0 Å². The standard InChI is InChI=1S/C13H16ClNS/c1-2-3-4-7-11(15)10-16-13-9-6-5-8-12(13)14/h5-6,8-9,11H,4,7,10,15H2,1H3. The molecule has 3 heteroatoms. The lowest BCUT2D eigenvalue weighted by molar-refractivity contribution is 0.692. The molecule has 1 aromatic rings. The van der Waals surface area contributed by atoms with Crippen molar-refractivity contribution in [2.45, 2.75) is 30.7 Å². The lowest BCUT2D eigenvalue weighted by Gasteiger charge is -2.09. The summed E-state index contributed by atoms with van der Waals surface area (Å²) in [5.41, 5.74) is 5.98. The SMILES string of the molecule is CC#CCCC(N)CSc1ccccc1Cl. The Morgan fingerprint density at radius 2 is 2.19 bits per heavy atom. The minimum atomic E-state index is 0.183. The third kappa shape index (κ3) is 4.94. The largest absolute Gasteiger partial charge is 0.327 e. The Morgan fingerprint density at radius 1 is 1.44 bits per heavy atom. The van der Waals surface area contributed by atoms with Crippen LogP contribution in [-0.4, -0.2) is 11.8 Å². The van der Waals surface area contributed by atoms with Crippen molar-refractivity contribution in [3.63, 3.8) is 0 Å². The fourth-order valence-corrected chi connectivity index (χ4v) is 2.46. The second kappa shape index (κ2) is 7.62. The first-order chi connectivity index (χ1) is 7.74. The Hall–Kier alpha value is -0.620. The first-order valence-electron chi connectivity index (χ1n) is 5.26. The maximum Gasteiger partial charge on any atom is 0.0541 e. The Kier molecular flexibility index (Phi) is 6.40. The van der Waals surface area contributed by atoms with Crippen LogP contribution in [0, 0.1) is 11.8 Å². The molecule has 1 aromatic carbocycles. The van der Waals surface area contributed by atoms with Crippen LogP contribution in [0.25, 0.3) is 0 Å². The number of benzene rings is 1. The van der Waals surface area contributed by atoms with Crippen LogP contribution in [0.2, 0.25) is 5.02 Å². The minimum absolute atomic E-state index is 0.183. The number of hydrogen-bond donors (Lipinski definition) is 1. The summed E-state index contributed by atoms with van der Waals surface area (Å²) in [6.45, 7) is 1.85. The Balaban J connectivity index is 2.33. The number of halogens is 1. The first kappa shape index (κ1) is 13.4. The molecule has 0 aliphatic carbocycles. The van der Waals surface area contributed by atoms with E-state index in [9.17, 15) is 0 Å². The van der Waals surface area contributed by atoms with E-state index in [4.69, 9.17) is 17.3 Å². The van der Waals surface area contributed by atoms with E-state index >= 15 is 0 Å². The third-order valence-electron chi connectivity index (χ3n) is 2.11. The summed E-state index contributed by atoms with van der Waals surface area (Å²) in [7, 11) is 0. The molecule has 2 N–H and O–H groups in total. The molecule has 0 radical (unpaired) electrons. The van der Waals surface area contributed by atoms with Crippen molar-refractivity contribution < 1.29 is 0 Å². The van der Waals surface area contributed by atoms with E-state index in [0.29, 0.717) is 0 Å². The predicted molar refractivity (Wildman–Crippen MR) is 72.8 cm³/mol. The van der Waals surface area contributed by atoms with Crippen LogP contribution in [0.4, 0.5) is 0 Å². The van der Waals surface area contributed by atoms with E-state index in [-0.39, 0.29) is 6.04 Å². The molecule has 0 aliphatic heterocycles. The molecule has 1 unspecified atom stereocenters. The number of nitrogens with two attached hydrogens (primary N) is 1. The smallest absolute Gasteiger partial charge is 0.0541 e. The van der Waals surface area contributed by atoms with E-state index in [1.54, 1.807) is 11.8 Å². The average Bonchev–Trinajstić information content (AvgIpc) is 2.28. The number of hydrogen-bond acceptors (Lipinski definition) is 2. The molecular weight excluding hydrogens is 238 g/mol. The molecule has 0 fully saturated rings. The summed E-state index contributed by atoms with van der Waals surface area (Å²) in [4.78, 5) is 1.10. The van der Waals surface area contributed by atoms with Crippen molar-refractivity contribution in [2.24, 2.45) is 5.73 Å². The fraction of sp³-hybridized carbons (Fsp3) is 0.385. The molecule has 0 aliphatic rings. The van der Waals surface area contributed by atoms with Gasteiger partial charge in [0.2, 0.25) is 0 Å². The topological polar surface area (TPSA) is 26.0 Å². The fourth-order valence-electron chi connectivity index (χ4n) is 1.22. The molecule has 1 nitrogen and oxygen atoms in total. The highest BCUT2D eigenvalue weighted by Gasteiger charge is 2.04. The third-order valence-corrected chi connectivity index (χ3v) is 3.81. The summed E-state index contributed by atoms with van der Waals surface area (Å²) in [5.74, 6) is 6.78. The van der Waals surface area contributed by atoms with E-state index in [2.05, 4.69) is 11.8 Å². The van der Waals surface area contributed by atoms with Gasteiger partial charge < -0.3 is 5.73 Å². The molecular formula is C13H16ClNS. The Bertz CT molecular complexity index is 381. The molecule has 1 atom stereocenters. The van der Waals surface area contributed by atoms with Gasteiger partial charge in [-0.1, -0.05) is 23.7 Å². The highest BCUT2D eigenvalue weighted by atomic mass is 35.5. The zero-order chi connectivity index (χ0) is 11.8. The Morgan fingerprint density at radius 3 is 2.88 bits per heavy atom. The van der Waals surface area contributed by atoms with Gasteiger partial charge in [0.1, 0.15) is 0 Å². The average molecular weight is 254 g/mol. The van der Waals surface area contributed by atoms with Gasteiger partial charge in [0.25, 0.3) is 0 Å². The van der Waals surface area contributed by atoms with Gasteiger partial charge >= 0.3 is 0 Å². The van der Waals surface area contributed by atoms with Crippen LogP contribution in [0.1, 0.15) is 19.8 Å². The molecule has 86 valence electrons. The van der Waals surface area contributed by atoms with E-state index in [1.165, 1.54) is 0 Å². The van der Waals surface area contributed by atoms with Gasteiger partial charge in [-0.25, -0.2) is 0 Å². The van der Waals surface area contributed by atoms with Crippen LogP contribution < -0.4 is 5.73 Å². The molecule has 0 spiro atoms. The van der Waals surface area contributed by atoms with E-state index < -0.39 is 0 Å². The number of thioether (sulfide) groups is 1. The zero-order valence-corrected chi connectivity index (χ0v) is 10.9. The maximum absolute atomic E-state index is 6.05. The zero-order valence-electron chi connectivity index (χ0n) is 9.37. The van der Waals surface area contributed by atoms with Crippen LogP contribution >= 0.6 is 23.4 Å². The summed E-state index contributed by atoms with van der Waals surface area (Å²) >= 11 is 7.76. The van der Waals surface area contributed by atoms with Gasteiger partial charge in [-0.2, -0.15) is 0 Å². The van der Waals surface area contributed by atoms with Gasteiger partial charge in [-0.05, 0) is 25.5 Å². The van der Waals surface area contributed by atoms with Crippen molar-refractivity contribution in [3.8, 4) is 11.8 Å². The first-order valence-corrected chi connectivity index (χ1v) is 6.63. The van der Waals surface area contributed by atoms with Crippen molar-refractivity contribution in [2.75, 3.05) is 5.75 Å². The summed E-state index contributed by atoms with van der Waals surface area (Å²) in [5, 5.41) is 0.799. The molecule has 0 saturated carbocycles. The van der Waals surface area contributed by atoms with Crippen molar-refractivity contribution in [1.29, 1.82) is 0 Å². The molecule has 0 amide bonds. The second-order valence-corrected chi connectivity index (χ2v) is 4.94. The van der Waals surface area contributed by atoms with Crippen molar-refractivity contribution >= 4 is 23.4 Å². The van der Waals surface area contributed by atoms with Crippen LogP contribution in [0.5, 0.6) is 0 Å². The van der Waals surface area contributed by atoms with Crippen LogP contribution in [0.3, 0.4) is 0 Å². The lowest BCUT2D eigenvalue weighted by atomic mass is 10.2. The lowest BCUT2D eigenvalue weighted by Crippen LogP contribution is -2.22. The Labute approximate surface area is 107 Å². The molecule has 0 bridgehead atoms. The van der Waals surface area contributed by atoms with E-state index in [1.807, 2.05) is 31.2 Å². The molecule has 16 heavy (non-hydrogen) atoms. The minimum Gasteiger partial charge on any atom is -0.327 e. The summed E-state index contributed by atoms with van der Waals surface area (Å²) in [6.07, 6.45) is 1.82. The summed E-state index contributed by atoms with van der Waals surface area (Å²) < 4.78 is 0. The highest BCUT2D eigenvalue weighted by Crippen LogP contribution is 2.27. The molecule has 0 heterocycles. The van der Waals surface area contributed by atoms with Gasteiger partial charge in [0.15, 0.2) is 0 Å². The van der Waals surface area contributed by atoms with E-state index in [0.717, 1.165) is 28.5 Å². The molecule has 1 rings (SSSR count). The van der Waals surface area contributed by atoms with Gasteiger partial charge in [-0.3, -0.25) is 0 Å². The molecule has 0 saturated heterocycles. The highest BCUT2D eigenvalue weighted by molar-refractivity contribution is 7.99. The van der Waals surface area contributed by atoms with Gasteiger partial charge in [0.05, 0.1) is 5.02 Å². The quantitative estimate of drug-likeness (QED) is 0.641. The van der Waals surface area contributed by atoms with Crippen molar-refractivity contribution in [3.05, 3.63) is 29.3 Å². The monoisotopic (exact) mass is 253 g/mol. The predicted octanol–water partition coefficient (Wildman–Crippen LogP) is 3.56. The maximum atomic E-state index is 6.05. The molecule has 0 aromatic heterocycles. The second-order valence-electron chi connectivity index (χ2n) is 3.47. The normalized spacial score (nSPS) is 11.7. The number of rotatable bonds is 5. The van der Waals surface area contributed by atoms with Crippen LogP contribution in [-0.2, 0) is 0 Å². The van der Waals surface area contributed by atoms with Gasteiger partial charge in [0, 0.05) is 23.1 Å².